The monoisotopic (exact) mass is 384 g/mol. The summed E-state index contributed by atoms with van der Waals surface area (Å²) in [5.41, 5.74) is 3.82. The molecule has 1 aliphatic heterocycles. The van der Waals surface area contributed by atoms with E-state index in [1.54, 1.807) is 36.9 Å². The molecule has 4 rings (SSSR count). The molecule has 0 bridgehead atoms. The number of furan rings is 1. The molecule has 0 aliphatic carbocycles. The molecule has 144 valence electrons. The summed E-state index contributed by atoms with van der Waals surface area (Å²) < 4.78 is 6.03. The van der Waals surface area contributed by atoms with Crippen molar-refractivity contribution in [3.05, 3.63) is 88.4 Å². The first-order chi connectivity index (χ1) is 13.9. The van der Waals surface area contributed by atoms with E-state index in [1.807, 2.05) is 36.4 Å². The fourth-order valence-corrected chi connectivity index (χ4v) is 4.22. The van der Waals surface area contributed by atoms with Gasteiger partial charge in [0.2, 0.25) is 5.91 Å². The Hall–Kier alpha value is -3.65. The van der Waals surface area contributed by atoms with Gasteiger partial charge in [0, 0.05) is 12.6 Å². The average molecular weight is 384 g/mol. The number of hydrogen-bond donors (Lipinski definition) is 0. The van der Waals surface area contributed by atoms with Crippen molar-refractivity contribution in [2.75, 3.05) is 4.90 Å². The predicted octanol–water partition coefficient (Wildman–Crippen LogP) is 4.90. The fourth-order valence-electron chi connectivity index (χ4n) is 4.22. The number of para-hydroxylation sites is 1. The molecule has 2 atom stereocenters. The third-order valence-electron chi connectivity index (χ3n) is 5.47. The zero-order valence-electron chi connectivity index (χ0n) is 16.5. The summed E-state index contributed by atoms with van der Waals surface area (Å²) in [5.74, 6) is 0.837. The smallest absolute Gasteiger partial charge is 0.224 e. The van der Waals surface area contributed by atoms with Crippen LogP contribution in [0.5, 0.6) is 0 Å². The molecule has 2 aromatic carbocycles. The van der Waals surface area contributed by atoms with Crippen LogP contribution in [-0.4, -0.2) is 11.7 Å². The molecule has 0 saturated carbocycles. The molecule has 0 saturated heterocycles. The van der Waals surface area contributed by atoms with Crippen LogP contribution in [0.3, 0.4) is 0 Å². The van der Waals surface area contributed by atoms with Gasteiger partial charge < -0.3 is 9.32 Å². The van der Waals surface area contributed by atoms with Crippen molar-refractivity contribution < 1.29 is 14.0 Å². The number of fused-ring (bicyclic) bond motifs is 1. The molecule has 1 aliphatic rings. The van der Waals surface area contributed by atoms with Gasteiger partial charge in [-0.25, -0.2) is 0 Å². The van der Waals surface area contributed by atoms with Crippen LogP contribution in [0.4, 0.5) is 5.69 Å². The van der Waals surface area contributed by atoms with Gasteiger partial charge in [0.25, 0.3) is 0 Å². The summed E-state index contributed by atoms with van der Waals surface area (Å²) in [6.45, 7) is 4.84. The lowest BCUT2D eigenvalue weighted by molar-refractivity contribution is -0.117. The summed E-state index contributed by atoms with van der Waals surface area (Å²) in [4.78, 5) is 26.4. The number of hydrogen-bond acceptors (Lipinski definition) is 4. The van der Waals surface area contributed by atoms with Crippen molar-refractivity contribution >= 4 is 17.4 Å². The van der Waals surface area contributed by atoms with Crippen LogP contribution in [0.25, 0.3) is 0 Å². The number of aryl methyl sites for hydroxylation is 1. The number of rotatable bonds is 3. The van der Waals surface area contributed by atoms with Gasteiger partial charge in [0.1, 0.15) is 11.5 Å². The number of nitrogens with zero attached hydrogens (tertiary/aromatic N) is 2. The minimum atomic E-state index is -0.331. The van der Waals surface area contributed by atoms with Crippen LogP contribution in [0.1, 0.15) is 64.4 Å². The molecule has 0 unspecified atom stereocenters. The molecule has 2 heterocycles. The average Bonchev–Trinajstić information content (AvgIpc) is 3.26. The zero-order valence-corrected chi connectivity index (χ0v) is 16.5. The standard InChI is InChI=1S/C24H20N2O3/c1-14(27)20-12-22(29-15(20)2)23-19-6-4-5-7-21(19)26(16(3)28)24(23)18-10-8-17(13-25)9-11-18/h4-12,23-24H,1-3H3/t23-,24+/m1/s1. The fraction of sp³-hybridized carbons (Fsp3) is 0.208. The van der Waals surface area contributed by atoms with E-state index >= 15 is 0 Å². The van der Waals surface area contributed by atoms with E-state index in [2.05, 4.69) is 6.07 Å². The van der Waals surface area contributed by atoms with E-state index in [4.69, 9.17) is 9.68 Å². The summed E-state index contributed by atoms with van der Waals surface area (Å²) in [7, 11) is 0. The van der Waals surface area contributed by atoms with Crippen LogP contribution in [-0.2, 0) is 4.79 Å². The predicted molar refractivity (Wildman–Crippen MR) is 109 cm³/mol. The largest absolute Gasteiger partial charge is 0.465 e. The number of carbonyl (C=O) groups is 2. The quantitative estimate of drug-likeness (QED) is 0.602. The highest BCUT2D eigenvalue weighted by Crippen LogP contribution is 2.52. The van der Waals surface area contributed by atoms with Crippen LogP contribution in [0.15, 0.2) is 59.0 Å². The molecule has 0 fully saturated rings. The highest BCUT2D eigenvalue weighted by Gasteiger charge is 2.44. The van der Waals surface area contributed by atoms with E-state index in [0.717, 1.165) is 16.8 Å². The number of amides is 1. The van der Waals surface area contributed by atoms with Crippen LogP contribution in [0, 0.1) is 18.3 Å². The second-order valence-corrected chi connectivity index (χ2v) is 7.28. The number of Topliss-reactive ketones (excluding diaryl/α,β-unsaturated/α-hetero) is 1. The van der Waals surface area contributed by atoms with Gasteiger partial charge in [-0.15, -0.1) is 0 Å². The Bertz CT molecular complexity index is 1150. The second kappa shape index (κ2) is 7.06. The summed E-state index contributed by atoms with van der Waals surface area (Å²) in [6.07, 6.45) is 0. The minimum absolute atomic E-state index is 0.0536. The molecule has 0 radical (unpaired) electrons. The maximum Gasteiger partial charge on any atom is 0.224 e. The number of nitriles is 1. The molecule has 1 amide bonds. The Kier molecular flexibility index (Phi) is 4.56. The molecular weight excluding hydrogens is 364 g/mol. The van der Waals surface area contributed by atoms with E-state index in [-0.39, 0.29) is 23.7 Å². The van der Waals surface area contributed by atoms with Gasteiger partial charge in [0.05, 0.1) is 29.2 Å². The summed E-state index contributed by atoms with van der Waals surface area (Å²) in [6, 6.07) is 18.6. The number of anilines is 1. The Labute approximate surface area is 169 Å². The van der Waals surface area contributed by atoms with E-state index in [1.165, 1.54) is 6.92 Å². The molecular formula is C24H20N2O3. The normalized spacial score (nSPS) is 17.7. The zero-order chi connectivity index (χ0) is 20.7. The van der Waals surface area contributed by atoms with Gasteiger partial charge in [-0.3, -0.25) is 9.59 Å². The highest BCUT2D eigenvalue weighted by molar-refractivity contribution is 5.97. The first-order valence-corrected chi connectivity index (χ1v) is 9.42. The van der Waals surface area contributed by atoms with Gasteiger partial charge >= 0.3 is 0 Å². The lowest BCUT2D eigenvalue weighted by Crippen LogP contribution is -2.31. The summed E-state index contributed by atoms with van der Waals surface area (Å²) in [5, 5.41) is 9.13. The third-order valence-corrected chi connectivity index (χ3v) is 5.47. The Balaban J connectivity index is 1.93. The Morgan fingerprint density at radius 3 is 2.34 bits per heavy atom. The molecule has 29 heavy (non-hydrogen) atoms. The second-order valence-electron chi connectivity index (χ2n) is 7.28. The van der Waals surface area contributed by atoms with Crippen molar-refractivity contribution in [1.82, 2.24) is 0 Å². The number of carbonyl (C=O) groups excluding carboxylic acids is 2. The van der Waals surface area contributed by atoms with Gasteiger partial charge in [0.15, 0.2) is 5.78 Å². The molecule has 5 heteroatoms. The topological polar surface area (TPSA) is 74.3 Å². The number of benzene rings is 2. The first kappa shape index (κ1) is 18.7. The van der Waals surface area contributed by atoms with Gasteiger partial charge in [-0.1, -0.05) is 30.3 Å². The van der Waals surface area contributed by atoms with Crippen molar-refractivity contribution in [2.24, 2.45) is 0 Å². The maximum atomic E-state index is 12.7. The van der Waals surface area contributed by atoms with Crippen LogP contribution in [0.2, 0.25) is 0 Å². The number of ketones is 1. The van der Waals surface area contributed by atoms with E-state index < -0.39 is 0 Å². The van der Waals surface area contributed by atoms with E-state index in [0.29, 0.717) is 22.6 Å². The Morgan fingerprint density at radius 1 is 1.07 bits per heavy atom. The lowest BCUT2D eigenvalue weighted by atomic mass is 9.87. The van der Waals surface area contributed by atoms with Crippen molar-refractivity contribution in [3.8, 4) is 6.07 Å². The molecule has 1 aromatic heterocycles. The van der Waals surface area contributed by atoms with Gasteiger partial charge in [-0.2, -0.15) is 5.26 Å². The molecule has 0 N–H and O–H groups in total. The SMILES string of the molecule is CC(=O)c1cc([C@H]2c3ccccc3N(C(C)=O)[C@H]2c2ccc(C#N)cc2)oc1C. The molecule has 0 spiro atoms. The minimum Gasteiger partial charge on any atom is -0.465 e. The van der Waals surface area contributed by atoms with Gasteiger partial charge in [-0.05, 0) is 49.2 Å². The maximum absolute atomic E-state index is 12.7. The first-order valence-electron chi connectivity index (χ1n) is 9.42. The highest BCUT2D eigenvalue weighted by atomic mass is 16.3. The Morgan fingerprint density at radius 2 is 1.76 bits per heavy atom. The van der Waals surface area contributed by atoms with E-state index in [9.17, 15) is 9.59 Å². The van der Waals surface area contributed by atoms with Crippen LogP contribution < -0.4 is 4.90 Å². The van der Waals surface area contributed by atoms with Crippen molar-refractivity contribution in [3.63, 3.8) is 0 Å². The summed E-state index contributed by atoms with van der Waals surface area (Å²) >= 11 is 0. The van der Waals surface area contributed by atoms with Crippen LogP contribution >= 0.6 is 0 Å². The molecule has 5 nitrogen and oxygen atoms in total. The third kappa shape index (κ3) is 3.03. The van der Waals surface area contributed by atoms with Crippen molar-refractivity contribution in [1.29, 1.82) is 5.26 Å². The lowest BCUT2D eigenvalue weighted by Gasteiger charge is -2.27. The molecule has 3 aromatic rings. The van der Waals surface area contributed by atoms with Crippen molar-refractivity contribution in [2.45, 2.75) is 32.7 Å².